The molecule has 0 fully saturated rings. The highest BCUT2D eigenvalue weighted by Gasteiger charge is 2.13. The quantitative estimate of drug-likeness (QED) is 0.681. The molecule has 25 heavy (non-hydrogen) atoms. The van der Waals surface area contributed by atoms with Gasteiger partial charge in [-0.25, -0.2) is 9.78 Å². The van der Waals surface area contributed by atoms with Gasteiger partial charge in [0, 0.05) is 37.2 Å². The van der Waals surface area contributed by atoms with Crippen molar-refractivity contribution in [2.45, 2.75) is 20.4 Å². The second-order valence-electron chi connectivity index (χ2n) is 4.86. The number of aromatic nitrogens is 2. The van der Waals surface area contributed by atoms with Gasteiger partial charge in [-0.2, -0.15) is 5.26 Å². The van der Waals surface area contributed by atoms with Gasteiger partial charge in [0.2, 0.25) is 0 Å². The van der Waals surface area contributed by atoms with Crippen LogP contribution in [0.15, 0.2) is 23.1 Å². The molecule has 8 nitrogen and oxygen atoms in total. The molecule has 2 heterocycles. The average molecular weight is 359 g/mol. The fourth-order valence-corrected chi connectivity index (χ4v) is 3.21. The van der Waals surface area contributed by atoms with Crippen molar-refractivity contribution in [3.05, 3.63) is 37.9 Å². The number of carbonyl (C=O) groups is 1. The summed E-state index contributed by atoms with van der Waals surface area (Å²) in [4.78, 5) is 27.8. The summed E-state index contributed by atoms with van der Waals surface area (Å²) >= 11 is 0.966. The summed E-state index contributed by atoms with van der Waals surface area (Å²) in [5, 5.41) is 24.3. The molecule has 2 aromatic rings. The lowest BCUT2D eigenvalue weighted by Gasteiger charge is -2.04. The van der Waals surface area contributed by atoms with Crippen molar-refractivity contribution in [2.75, 3.05) is 17.2 Å². The highest BCUT2D eigenvalue weighted by atomic mass is 32.1. The molecule has 0 amide bonds. The van der Waals surface area contributed by atoms with Crippen LogP contribution in [-0.2, 0) is 11.3 Å². The van der Waals surface area contributed by atoms with Crippen molar-refractivity contribution in [2.24, 2.45) is 0 Å². The maximum Gasteiger partial charge on any atom is 0.349 e. The van der Waals surface area contributed by atoms with Crippen molar-refractivity contribution in [1.82, 2.24) is 9.55 Å². The molecule has 0 unspecified atom stereocenters. The molecule has 0 saturated carbocycles. The van der Waals surface area contributed by atoms with Crippen molar-refractivity contribution in [3.8, 4) is 6.07 Å². The van der Waals surface area contributed by atoms with Crippen LogP contribution in [-0.4, -0.2) is 27.2 Å². The highest BCUT2D eigenvalue weighted by molar-refractivity contribution is 7.07. The molecule has 9 heteroatoms. The summed E-state index contributed by atoms with van der Waals surface area (Å²) in [6.07, 6.45) is 3.13. The van der Waals surface area contributed by atoms with Crippen LogP contribution in [0.2, 0.25) is 0 Å². The molecule has 130 valence electrons. The van der Waals surface area contributed by atoms with E-state index in [4.69, 9.17) is 10.4 Å². The molecule has 0 aliphatic carbocycles. The van der Waals surface area contributed by atoms with E-state index in [2.05, 4.69) is 15.6 Å². The van der Waals surface area contributed by atoms with Crippen molar-refractivity contribution in [1.29, 1.82) is 5.26 Å². The van der Waals surface area contributed by atoms with E-state index in [9.17, 15) is 9.59 Å². The summed E-state index contributed by atoms with van der Waals surface area (Å²) in [5.41, 5.74) is -0.0574. The Labute approximate surface area is 147 Å². The second kappa shape index (κ2) is 8.12. The largest absolute Gasteiger partial charge is 0.477 e. The van der Waals surface area contributed by atoms with Crippen molar-refractivity contribution < 1.29 is 9.90 Å². The third-order valence-electron chi connectivity index (χ3n) is 3.25. The number of nitriles is 1. The molecule has 0 radical (unpaired) electrons. The zero-order chi connectivity index (χ0) is 18.4. The lowest BCUT2D eigenvalue weighted by molar-refractivity contribution is -0.130. The van der Waals surface area contributed by atoms with E-state index in [1.165, 1.54) is 10.8 Å². The third kappa shape index (κ3) is 4.05. The number of hydrogen-bond acceptors (Lipinski definition) is 7. The third-order valence-corrected chi connectivity index (χ3v) is 4.38. The highest BCUT2D eigenvalue weighted by Crippen LogP contribution is 2.11. The molecular formula is C16H17N5O3S. The summed E-state index contributed by atoms with van der Waals surface area (Å²) < 4.78 is 1.73. The van der Waals surface area contributed by atoms with E-state index in [1.807, 2.05) is 6.92 Å². The molecule has 0 aliphatic heterocycles. The fourth-order valence-electron chi connectivity index (χ4n) is 2.13. The van der Waals surface area contributed by atoms with Crippen LogP contribution >= 0.6 is 11.3 Å². The first-order valence-corrected chi connectivity index (χ1v) is 8.37. The minimum absolute atomic E-state index is 0.138. The maximum atomic E-state index is 12.4. The zero-order valence-corrected chi connectivity index (χ0v) is 14.6. The number of thiazole rings is 1. The number of nitrogens with one attached hydrogen (secondary N) is 2. The Bertz CT molecular complexity index is 1000. The minimum Gasteiger partial charge on any atom is -0.477 e. The fraction of sp³-hybridized carbons (Fsp3) is 0.250. The van der Waals surface area contributed by atoms with Crippen LogP contribution in [0.3, 0.4) is 0 Å². The predicted molar refractivity (Wildman–Crippen MR) is 96.6 cm³/mol. The Kier molecular flexibility index (Phi) is 5.92. The molecule has 2 aromatic heterocycles. The van der Waals surface area contributed by atoms with Gasteiger partial charge in [-0.1, -0.05) is 0 Å². The topological polar surface area (TPSA) is 120 Å². The molecule has 0 spiro atoms. The first-order valence-electron chi connectivity index (χ1n) is 7.55. The molecule has 0 aromatic carbocycles. The Morgan fingerprint density at radius 3 is 2.88 bits per heavy atom. The molecule has 0 aliphatic rings. The van der Waals surface area contributed by atoms with E-state index >= 15 is 0 Å². The average Bonchev–Trinajstić information content (AvgIpc) is 2.89. The Balaban J connectivity index is 2.51. The Morgan fingerprint density at radius 1 is 1.52 bits per heavy atom. The normalized spacial score (nSPS) is 12.4. The predicted octanol–water partition coefficient (Wildman–Crippen LogP) is 0.365. The summed E-state index contributed by atoms with van der Waals surface area (Å²) in [7, 11) is 0. The lowest BCUT2D eigenvalue weighted by atomic mass is 10.3. The maximum absolute atomic E-state index is 12.4. The molecule has 0 saturated heterocycles. The van der Waals surface area contributed by atoms with Crippen molar-refractivity contribution in [3.63, 3.8) is 0 Å². The van der Waals surface area contributed by atoms with E-state index in [0.717, 1.165) is 23.6 Å². The Morgan fingerprint density at radius 2 is 2.28 bits per heavy atom. The van der Waals surface area contributed by atoms with Crippen molar-refractivity contribution >= 4 is 40.6 Å². The van der Waals surface area contributed by atoms with Crippen LogP contribution in [0.4, 0.5) is 11.5 Å². The lowest BCUT2D eigenvalue weighted by Crippen LogP contribution is -2.32. The van der Waals surface area contributed by atoms with Gasteiger partial charge in [-0.15, -0.1) is 11.3 Å². The smallest absolute Gasteiger partial charge is 0.349 e. The van der Waals surface area contributed by atoms with Crippen LogP contribution < -0.4 is 25.4 Å². The number of pyridine rings is 1. The number of carboxylic acids is 1. The number of nitrogens with zero attached hydrogens (tertiary/aromatic N) is 3. The minimum atomic E-state index is -1.35. The number of anilines is 2. The molecular weight excluding hydrogens is 342 g/mol. The number of rotatable bonds is 6. The first kappa shape index (κ1) is 18.2. The second-order valence-corrected chi connectivity index (χ2v) is 5.89. The molecule has 2 rings (SSSR count). The van der Waals surface area contributed by atoms with Gasteiger partial charge < -0.3 is 15.7 Å². The zero-order valence-electron chi connectivity index (χ0n) is 13.7. The standard InChI is InChI=1S/C16H17N5O3S/c1-3-18-13-7-10(5-6-19-13)20-9-12-14(22)21(4-2)15(25-12)11(8-17)16(23)24/h5-7,9H,3-4H2,1-2H3,(H,23,24)(H2,18,19,20)/b12-9+,15-11-. The van der Waals surface area contributed by atoms with Gasteiger partial charge >= 0.3 is 5.97 Å². The van der Waals surface area contributed by atoms with E-state index in [-0.39, 0.29) is 16.8 Å². The Hall–Kier alpha value is -3.12. The van der Waals surface area contributed by atoms with E-state index in [0.29, 0.717) is 10.4 Å². The van der Waals surface area contributed by atoms with Crippen LogP contribution in [0.25, 0.3) is 11.8 Å². The van der Waals surface area contributed by atoms with E-state index < -0.39 is 11.5 Å². The molecule has 0 bridgehead atoms. The van der Waals surface area contributed by atoms with Gasteiger partial charge in [0.1, 0.15) is 21.1 Å². The number of carboxylic acid groups (broad SMARTS) is 1. The summed E-state index contributed by atoms with van der Waals surface area (Å²) in [5.74, 6) is -0.653. The monoisotopic (exact) mass is 359 g/mol. The van der Waals surface area contributed by atoms with Crippen LogP contribution in [0, 0.1) is 11.3 Å². The van der Waals surface area contributed by atoms with Crippen LogP contribution in [0.5, 0.6) is 0 Å². The van der Waals surface area contributed by atoms with Gasteiger partial charge in [0.05, 0.1) is 0 Å². The van der Waals surface area contributed by atoms with Gasteiger partial charge in [-0.3, -0.25) is 9.36 Å². The molecule has 0 atom stereocenters. The molecule has 3 N–H and O–H groups in total. The van der Waals surface area contributed by atoms with Gasteiger partial charge in [0.25, 0.3) is 5.56 Å². The SMILES string of the molecule is CCNc1cc(N/C=c2/s/c(=C(/C#N)C(=O)O)n(CC)c2=O)ccn1. The summed E-state index contributed by atoms with van der Waals surface area (Å²) in [6.45, 7) is 4.69. The number of hydrogen-bond donors (Lipinski definition) is 3. The first-order chi connectivity index (χ1) is 12.0. The van der Waals surface area contributed by atoms with E-state index in [1.54, 1.807) is 31.3 Å². The van der Waals surface area contributed by atoms with Gasteiger partial charge in [0.15, 0.2) is 5.57 Å². The van der Waals surface area contributed by atoms with Gasteiger partial charge in [-0.05, 0) is 19.9 Å². The summed E-state index contributed by atoms with van der Waals surface area (Å²) in [6, 6.07) is 5.18. The van der Waals surface area contributed by atoms with Crippen LogP contribution in [0.1, 0.15) is 13.8 Å². The number of aliphatic carboxylic acids is 1.